The van der Waals surface area contributed by atoms with Crippen molar-refractivity contribution in [2.24, 2.45) is 5.73 Å². The van der Waals surface area contributed by atoms with Crippen LogP contribution in [-0.4, -0.2) is 20.8 Å². The van der Waals surface area contributed by atoms with E-state index in [9.17, 15) is 0 Å². The average molecular weight is 516 g/mol. The van der Waals surface area contributed by atoms with Crippen LogP contribution in [0.2, 0.25) is 0 Å². The first-order chi connectivity index (χ1) is 19.1. The van der Waals surface area contributed by atoms with Gasteiger partial charge in [-0.2, -0.15) is 0 Å². The van der Waals surface area contributed by atoms with Crippen molar-refractivity contribution >= 4 is 16.8 Å². The number of hydrogen-bond acceptors (Lipinski definition) is 4. The number of benzene rings is 4. The van der Waals surface area contributed by atoms with Gasteiger partial charge in [-0.1, -0.05) is 72.8 Å². The molecular weight excluding hydrogens is 482 g/mol. The van der Waals surface area contributed by atoms with E-state index < -0.39 is 5.60 Å². The van der Waals surface area contributed by atoms with Gasteiger partial charge in [0.25, 0.3) is 0 Å². The van der Waals surface area contributed by atoms with Gasteiger partial charge in [-0.25, -0.2) is 0 Å². The summed E-state index contributed by atoms with van der Waals surface area (Å²) in [5.74, 6) is 2.33. The normalized spacial score (nSPS) is 17.9. The predicted molar refractivity (Wildman–Crippen MR) is 160 cm³/mol. The molecule has 1 atom stereocenters. The summed E-state index contributed by atoms with van der Waals surface area (Å²) in [6.45, 7) is 2.51. The first-order valence-electron chi connectivity index (χ1n) is 13.4. The SMILES string of the molecule is C/C=C(\C=C/CN)C1(c2ccccc2)C=Cc2c(c3c(c4cc(OC)c(OC)cc24)CCc2ccccc2-3)O1. The number of ether oxygens (including phenoxy) is 3. The number of hydrogen-bond donors (Lipinski definition) is 1. The maximum Gasteiger partial charge on any atom is 0.177 e. The highest BCUT2D eigenvalue weighted by Gasteiger charge is 2.40. The summed E-state index contributed by atoms with van der Waals surface area (Å²) >= 11 is 0. The minimum atomic E-state index is -0.806. The van der Waals surface area contributed by atoms with Crippen molar-refractivity contribution in [1.82, 2.24) is 0 Å². The maximum absolute atomic E-state index is 7.33. The Morgan fingerprint density at radius 1 is 0.949 bits per heavy atom. The Labute approximate surface area is 230 Å². The van der Waals surface area contributed by atoms with E-state index in [1.54, 1.807) is 14.2 Å². The molecule has 0 saturated heterocycles. The third-order valence-corrected chi connectivity index (χ3v) is 7.97. The fourth-order valence-corrected chi connectivity index (χ4v) is 6.13. The van der Waals surface area contributed by atoms with Crippen LogP contribution in [0.1, 0.15) is 29.2 Å². The number of aryl methyl sites for hydroxylation is 2. The molecule has 4 heteroatoms. The largest absolute Gasteiger partial charge is 0.493 e. The molecule has 2 N–H and O–H groups in total. The molecule has 0 bridgehead atoms. The van der Waals surface area contributed by atoms with Gasteiger partial charge >= 0.3 is 0 Å². The molecule has 1 unspecified atom stereocenters. The Morgan fingerprint density at radius 3 is 2.38 bits per heavy atom. The van der Waals surface area contributed by atoms with Gasteiger partial charge in [0.15, 0.2) is 17.1 Å². The average Bonchev–Trinajstić information content (AvgIpc) is 3.00. The lowest BCUT2D eigenvalue weighted by Crippen LogP contribution is -2.35. The van der Waals surface area contributed by atoms with Gasteiger partial charge in [-0.15, -0.1) is 0 Å². The third-order valence-electron chi connectivity index (χ3n) is 7.97. The molecular formula is C35H33NO3. The van der Waals surface area contributed by atoms with Crippen LogP contribution in [0.5, 0.6) is 17.2 Å². The van der Waals surface area contributed by atoms with Gasteiger partial charge in [-0.3, -0.25) is 0 Å². The Hall–Kier alpha value is -4.28. The molecule has 196 valence electrons. The fourth-order valence-electron chi connectivity index (χ4n) is 6.13. The molecule has 39 heavy (non-hydrogen) atoms. The van der Waals surface area contributed by atoms with Crippen LogP contribution in [0.3, 0.4) is 0 Å². The second-order valence-electron chi connectivity index (χ2n) is 9.93. The van der Waals surface area contributed by atoms with Crippen molar-refractivity contribution in [2.45, 2.75) is 25.4 Å². The smallest absolute Gasteiger partial charge is 0.177 e. The number of allylic oxidation sites excluding steroid dienone is 1. The van der Waals surface area contributed by atoms with Crippen LogP contribution in [0, 0.1) is 0 Å². The fraction of sp³-hybridized carbons (Fsp3) is 0.200. The third kappa shape index (κ3) is 3.95. The molecule has 0 aromatic heterocycles. The van der Waals surface area contributed by atoms with E-state index in [0.29, 0.717) is 12.3 Å². The summed E-state index contributed by atoms with van der Waals surface area (Å²) in [6.07, 6.45) is 12.5. The molecule has 1 heterocycles. The zero-order valence-electron chi connectivity index (χ0n) is 22.7. The van der Waals surface area contributed by atoms with E-state index in [1.165, 1.54) is 22.1 Å². The van der Waals surface area contributed by atoms with Crippen LogP contribution in [0.15, 0.2) is 96.6 Å². The van der Waals surface area contributed by atoms with Crippen LogP contribution in [0.4, 0.5) is 0 Å². The Kier molecular flexibility index (Phi) is 6.49. The van der Waals surface area contributed by atoms with Gasteiger partial charge < -0.3 is 19.9 Å². The van der Waals surface area contributed by atoms with E-state index in [0.717, 1.165) is 52.0 Å². The lowest BCUT2D eigenvalue weighted by atomic mass is 9.77. The number of methoxy groups -OCH3 is 2. The number of nitrogens with two attached hydrogens (primary N) is 1. The molecule has 0 fully saturated rings. The lowest BCUT2D eigenvalue weighted by molar-refractivity contribution is 0.161. The van der Waals surface area contributed by atoms with Crippen LogP contribution in [-0.2, 0) is 18.4 Å². The molecule has 0 amide bonds. The first kappa shape index (κ1) is 25.0. The molecule has 4 aromatic carbocycles. The Morgan fingerprint density at radius 2 is 1.67 bits per heavy atom. The Balaban J connectivity index is 1.71. The number of rotatable bonds is 6. The highest BCUT2D eigenvalue weighted by molar-refractivity contribution is 6.04. The van der Waals surface area contributed by atoms with E-state index in [1.807, 2.05) is 12.1 Å². The summed E-state index contributed by atoms with van der Waals surface area (Å²) in [5.41, 5.74) is 13.2. The van der Waals surface area contributed by atoms with Crippen molar-refractivity contribution in [3.05, 3.63) is 119 Å². The quantitative estimate of drug-likeness (QED) is 0.272. The minimum absolute atomic E-state index is 0.456. The van der Waals surface area contributed by atoms with E-state index in [4.69, 9.17) is 19.9 Å². The molecule has 0 saturated carbocycles. The topological polar surface area (TPSA) is 53.7 Å². The van der Waals surface area contributed by atoms with E-state index in [2.05, 4.69) is 91.9 Å². The number of fused-ring (bicyclic) bond motifs is 8. The second kappa shape index (κ2) is 10.1. The molecule has 1 aliphatic heterocycles. The molecule has 1 aliphatic carbocycles. The molecule has 0 spiro atoms. The molecule has 4 aromatic rings. The van der Waals surface area contributed by atoms with Crippen molar-refractivity contribution in [3.63, 3.8) is 0 Å². The van der Waals surface area contributed by atoms with Crippen LogP contribution in [0.25, 0.3) is 28.0 Å². The summed E-state index contributed by atoms with van der Waals surface area (Å²) < 4.78 is 18.8. The van der Waals surface area contributed by atoms with Crippen molar-refractivity contribution < 1.29 is 14.2 Å². The summed E-state index contributed by atoms with van der Waals surface area (Å²) in [7, 11) is 3.37. The van der Waals surface area contributed by atoms with Gasteiger partial charge in [0.05, 0.1) is 14.2 Å². The second-order valence-corrected chi connectivity index (χ2v) is 9.93. The predicted octanol–water partition coefficient (Wildman–Crippen LogP) is 7.38. The van der Waals surface area contributed by atoms with Crippen molar-refractivity contribution in [2.75, 3.05) is 20.8 Å². The summed E-state index contributed by atoms with van der Waals surface area (Å²) in [5, 5.41) is 2.27. The standard InChI is InChI=1S/C35H33NO3/c1-4-24(14-10-20-36)35(25-12-6-5-7-13-25)19-18-28-30-22-32(38-3)31(37-2)21-29(30)27-17-16-23-11-8-9-15-26(23)33(27)34(28)39-35/h4-15,18-19,21-22H,16-17,20,36H2,1-3H3/b14-10-,24-4+. The summed E-state index contributed by atoms with van der Waals surface area (Å²) in [4.78, 5) is 0. The van der Waals surface area contributed by atoms with Crippen LogP contribution < -0.4 is 19.9 Å². The molecule has 2 aliphatic rings. The highest BCUT2D eigenvalue weighted by atomic mass is 16.5. The van der Waals surface area contributed by atoms with Gasteiger partial charge in [-0.05, 0) is 77.1 Å². The highest BCUT2D eigenvalue weighted by Crippen LogP contribution is 2.53. The van der Waals surface area contributed by atoms with Gasteiger partial charge in [0, 0.05) is 23.2 Å². The van der Waals surface area contributed by atoms with Crippen LogP contribution >= 0.6 is 0 Å². The summed E-state index contributed by atoms with van der Waals surface area (Å²) in [6, 6.07) is 23.3. The lowest BCUT2D eigenvalue weighted by Gasteiger charge is -2.39. The Bertz CT molecular complexity index is 1650. The minimum Gasteiger partial charge on any atom is -0.493 e. The van der Waals surface area contributed by atoms with Crippen molar-refractivity contribution in [1.29, 1.82) is 0 Å². The molecule has 0 radical (unpaired) electrons. The van der Waals surface area contributed by atoms with Crippen molar-refractivity contribution in [3.8, 4) is 28.4 Å². The first-order valence-corrected chi connectivity index (χ1v) is 13.4. The van der Waals surface area contributed by atoms with Gasteiger partial charge in [0.2, 0.25) is 0 Å². The monoisotopic (exact) mass is 515 g/mol. The van der Waals surface area contributed by atoms with E-state index in [-0.39, 0.29) is 0 Å². The molecule has 6 rings (SSSR count). The van der Waals surface area contributed by atoms with E-state index >= 15 is 0 Å². The van der Waals surface area contributed by atoms with Gasteiger partial charge in [0.1, 0.15) is 5.75 Å². The maximum atomic E-state index is 7.33. The zero-order valence-corrected chi connectivity index (χ0v) is 22.7. The molecule has 4 nitrogen and oxygen atoms in total. The zero-order chi connectivity index (χ0) is 27.0.